The number of hydrogen-bond donors (Lipinski definition) is 3. The van der Waals surface area contributed by atoms with Gasteiger partial charge in [-0.1, -0.05) is 0 Å². The summed E-state index contributed by atoms with van der Waals surface area (Å²) in [5.41, 5.74) is 0.374. The minimum absolute atomic E-state index is 0.0722. The highest BCUT2D eigenvalue weighted by Crippen LogP contribution is 2.26. The van der Waals surface area contributed by atoms with Crippen LogP contribution in [0.25, 0.3) is 0 Å². The van der Waals surface area contributed by atoms with E-state index in [2.05, 4.69) is 15.5 Å². The first-order valence-electron chi connectivity index (χ1n) is 9.38. The molecule has 0 bridgehead atoms. The monoisotopic (exact) mass is 377 g/mol. The van der Waals surface area contributed by atoms with E-state index < -0.39 is 0 Å². The summed E-state index contributed by atoms with van der Waals surface area (Å²) in [5, 5.41) is 15.1. The van der Waals surface area contributed by atoms with E-state index in [1.807, 2.05) is 0 Å². The highest BCUT2D eigenvalue weighted by Gasteiger charge is 2.34. The molecule has 0 aromatic rings. The van der Waals surface area contributed by atoms with Gasteiger partial charge in [0.25, 0.3) is 5.91 Å². The molecular weight excluding hydrogens is 350 g/mol. The fourth-order valence-electron chi connectivity index (χ4n) is 3.51. The summed E-state index contributed by atoms with van der Waals surface area (Å²) in [6, 6.07) is 0.640. The number of likely N-dealkylation sites (tertiary alicyclic amines) is 1. The zero-order valence-electron chi connectivity index (χ0n) is 15.3. The van der Waals surface area contributed by atoms with Crippen LogP contribution in [0.5, 0.6) is 0 Å². The molecule has 27 heavy (non-hydrogen) atoms. The number of rotatable bonds is 5. The van der Waals surface area contributed by atoms with Crippen molar-refractivity contribution in [2.75, 3.05) is 26.4 Å². The van der Waals surface area contributed by atoms with Gasteiger partial charge in [0.15, 0.2) is 0 Å². The van der Waals surface area contributed by atoms with Crippen molar-refractivity contribution in [1.82, 2.24) is 15.5 Å². The molecule has 3 aliphatic rings. The lowest BCUT2D eigenvalue weighted by atomic mass is 9.89. The molecule has 2 heterocycles. The van der Waals surface area contributed by atoms with Crippen molar-refractivity contribution in [3.05, 3.63) is 36.3 Å². The van der Waals surface area contributed by atoms with Crippen LogP contribution in [0.3, 0.4) is 0 Å². The molecule has 1 saturated heterocycles. The van der Waals surface area contributed by atoms with Crippen LogP contribution in [0.1, 0.15) is 25.7 Å². The molecule has 2 fully saturated rings. The van der Waals surface area contributed by atoms with Crippen LogP contribution in [0, 0.1) is 0 Å². The second-order valence-corrected chi connectivity index (χ2v) is 7.07. The molecule has 8 heteroatoms. The average molecular weight is 377 g/mol. The standard InChI is InChI=1S/C19H27N3O5/c23-17-5-3-16(4-6-17)22-11-15(12-22)21-18(24)10-20-19(25)14-2-1-8-26-13-27-9-7-14/h1-2,7-9,15-17,23H,3-6,10-13H2,(H,20,25)(H,21,24)/b8-1+,9-7?,14-2?. The quantitative estimate of drug-likeness (QED) is 0.631. The Morgan fingerprint density at radius 3 is 2.67 bits per heavy atom. The molecule has 2 amide bonds. The third kappa shape index (κ3) is 5.83. The van der Waals surface area contributed by atoms with Gasteiger partial charge in [0.1, 0.15) is 0 Å². The zero-order valence-corrected chi connectivity index (χ0v) is 15.3. The molecule has 8 nitrogen and oxygen atoms in total. The zero-order chi connectivity index (χ0) is 19.1. The van der Waals surface area contributed by atoms with Crippen LogP contribution in [-0.4, -0.2) is 66.4 Å². The summed E-state index contributed by atoms with van der Waals surface area (Å²) in [5.74, 6) is -0.553. The van der Waals surface area contributed by atoms with Crippen molar-refractivity contribution in [3.8, 4) is 0 Å². The third-order valence-electron chi connectivity index (χ3n) is 5.06. The van der Waals surface area contributed by atoms with Crippen molar-refractivity contribution < 1.29 is 24.2 Å². The van der Waals surface area contributed by atoms with E-state index in [0.717, 1.165) is 38.8 Å². The molecule has 0 spiro atoms. The number of aliphatic hydroxyl groups is 1. The van der Waals surface area contributed by atoms with Crippen molar-refractivity contribution in [1.29, 1.82) is 0 Å². The van der Waals surface area contributed by atoms with Crippen molar-refractivity contribution in [2.24, 2.45) is 0 Å². The first kappa shape index (κ1) is 19.4. The van der Waals surface area contributed by atoms with Crippen molar-refractivity contribution >= 4 is 11.8 Å². The van der Waals surface area contributed by atoms with E-state index in [9.17, 15) is 14.7 Å². The average Bonchev–Trinajstić information content (AvgIpc) is 2.77. The number of amides is 2. The normalized spacial score (nSPS) is 27.5. The Balaban J connectivity index is 1.35. The Labute approximate surface area is 158 Å². The summed E-state index contributed by atoms with van der Waals surface area (Å²) < 4.78 is 10.0. The molecule has 3 N–H and O–H groups in total. The Morgan fingerprint density at radius 2 is 1.89 bits per heavy atom. The molecule has 2 aliphatic heterocycles. The van der Waals surface area contributed by atoms with Crippen LogP contribution < -0.4 is 10.6 Å². The molecule has 0 aromatic heterocycles. The van der Waals surface area contributed by atoms with Gasteiger partial charge in [-0.25, -0.2) is 0 Å². The maximum Gasteiger partial charge on any atom is 0.251 e. The Morgan fingerprint density at radius 1 is 1.15 bits per heavy atom. The molecule has 3 rings (SSSR count). The highest BCUT2D eigenvalue weighted by atomic mass is 16.7. The summed E-state index contributed by atoms with van der Waals surface area (Å²) in [6.07, 6.45) is 11.1. The van der Waals surface area contributed by atoms with E-state index in [1.54, 1.807) is 12.2 Å². The Hall–Kier alpha value is -2.32. The lowest BCUT2D eigenvalue weighted by Gasteiger charge is -2.46. The number of nitrogens with zero attached hydrogens (tertiary/aromatic N) is 1. The number of hydrogen-bond acceptors (Lipinski definition) is 6. The van der Waals surface area contributed by atoms with Gasteiger partial charge in [-0.15, -0.1) is 0 Å². The summed E-state index contributed by atoms with van der Waals surface area (Å²) in [4.78, 5) is 26.6. The topological polar surface area (TPSA) is 100 Å². The van der Waals surface area contributed by atoms with Crippen LogP contribution in [-0.2, 0) is 19.1 Å². The lowest BCUT2D eigenvalue weighted by Crippen LogP contribution is -2.63. The largest absolute Gasteiger partial charge is 0.465 e. The van der Waals surface area contributed by atoms with Crippen LogP contribution >= 0.6 is 0 Å². The molecule has 0 aromatic carbocycles. The van der Waals surface area contributed by atoms with E-state index >= 15 is 0 Å². The number of carbonyl (C=O) groups excluding carboxylic acids is 2. The first-order valence-corrected chi connectivity index (χ1v) is 9.38. The fourth-order valence-corrected chi connectivity index (χ4v) is 3.51. The number of ether oxygens (including phenoxy) is 2. The van der Waals surface area contributed by atoms with Crippen LogP contribution in [0.2, 0.25) is 0 Å². The molecule has 148 valence electrons. The number of aliphatic hydroxyl groups excluding tert-OH is 1. The molecule has 1 saturated carbocycles. The van der Waals surface area contributed by atoms with Crippen molar-refractivity contribution in [3.63, 3.8) is 0 Å². The second kappa shape index (κ2) is 9.57. The minimum atomic E-state index is -0.354. The molecule has 0 unspecified atom stereocenters. The smallest absolute Gasteiger partial charge is 0.251 e. The van der Waals surface area contributed by atoms with Crippen LogP contribution in [0.4, 0.5) is 0 Å². The second-order valence-electron chi connectivity index (χ2n) is 7.07. The molecule has 1 aliphatic carbocycles. The number of allylic oxidation sites excluding steroid dienone is 2. The molecule has 0 radical (unpaired) electrons. The highest BCUT2D eigenvalue weighted by molar-refractivity contribution is 5.98. The number of carbonyl (C=O) groups is 2. The van der Waals surface area contributed by atoms with E-state index in [-0.39, 0.29) is 37.3 Å². The van der Waals surface area contributed by atoms with Gasteiger partial charge in [0.05, 0.1) is 31.2 Å². The molecular formula is C19H27N3O5. The predicted molar refractivity (Wildman–Crippen MR) is 98.2 cm³/mol. The maximum absolute atomic E-state index is 12.2. The Bertz CT molecular complexity index is 617. The van der Waals surface area contributed by atoms with E-state index in [4.69, 9.17) is 9.47 Å². The van der Waals surface area contributed by atoms with E-state index in [1.165, 1.54) is 18.6 Å². The third-order valence-corrected chi connectivity index (χ3v) is 5.06. The van der Waals surface area contributed by atoms with Gasteiger partial charge in [-0.2, -0.15) is 0 Å². The van der Waals surface area contributed by atoms with Gasteiger partial charge < -0.3 is 25.2 Å². The van der Waals surface area contributed by atoms with Gasteiger partial charge in [-0.3, -0.25) is 14.5 Å². The maximum atomic E-state index is 12.2. The Kier molecular flexibility index (Phi) is 6.89. The first-order chi connectivity index (χ1) is 13.1. The van der Waals surface area contributed by atoms with Gasteiger partial charge in [0, 0.05) is 24.7 Å². The summed E-state index contributed by atoms with van der Waals surface area (Å²) in [7, 11) is 0. The fraction of sp³-hybridized carbons (Fsp3) is 0.579. The predicted octanol–water partition coefficient (Wildman–Crippen LogP) is 0.165. The number of nitrogens with one attached hydrogen (secondary N) is 2. The van der Waals surface area contributed by atoms with Gasteiger partial charge in [-0.05, 0) is 43.9 Å². The summed E-state index contributed by atoms with van der Waals surface area (Å²) >= 11 is 0. The summed E-state index contributed by atoms with van der Waals surface area (Å²) in [6.45, 7) is 1.67. The minimum Gasteiger partial charge on any atom is -0.465 e. The van der Waals surface area contributed by atoms with Gasteiger partial charge >= 0.3 is 0 Å². The lowest BCUT2D eigenvalue weighted by molar-refractivity contribution is -0.125. The van der Waals surface area contributed by atoms with Gasteiger partial charge in [0.2, 0.25) is 12.7 Å². The van der Waals surface area contributed by atoms with Crippen molar-refractivity contribution in [2.45, 2.75) is 43.9 Å². The van der Waals surface area contributed by atoms with Crippen LogP contribution in [0.15, 0.2) is 36.3 Å². The molecule has 0 atom stereocenters. The SMILES string of the molecule is O=C(CNC(=O)C1=C/C=C/OCOC=C1)NC1CN(C2CCC(O)CC2)C1. The van der Waals surface area contributed by atoms with E-state index in [0.29, 0.717) is 11.6 Å².